The van der Waals surface area contributed by atoms with Gasteiger partial charge in [0.05, 0.1) is 0 Å². The summed E-state index contributed by atoms with van der Waals surface area (Å²) in [6.45, 7) is 6.59. The Bertz CT molecular complexity index is 309. The van der Waals surface area contributed by atoms with Gasteiger partial charge in [-0.25, -0.2) is 0 Å². The van der Waals surface area contributed by atoms with Crippen LogP contribution in [0.3, 0.4) is 0 Å². The number of allylic oxidation sites excluding steroid dienone is 1. The van der Waals surface area contributed by atoms with E-state index in [-0.39, 0.29) is 0 Å². The Morgan fingerprint density at radius 3 is 2.79 bits per heavy atom. The molecule has 1 N–H and O–H groups in total. The van der Waals surface area contributed by atoms with Crippen LogP contribution in [0.1, 0.15) is 46.5 Å². The predicted octanol–water partition coefficient (Wildman–Crippen LogP) is 3.82. The van der Waals surface area contributed by atoms with Crippen molar-refractivity contribution in [2.75, 3.05) is 0 Å². The molecule has 0 aliphatic heterocycles. The number of rotatable bonds is 3. The van der Waals surface area contributed by atoms with Crippen LogP contribution in [0.15, 0.2) is 17.1 Å². The van der Waals surface area contributed by atoms with Crippen LogP contribution in [-0.4, -0.2) is 5.11 Å². The Labute approximate surface area is 86.5 Å². The maximum absolute atomic E-state index is 9.85. The van der Waals surface area contributed by atoms with E-state index in [4.69, 9.17) is 0 Å². The van der Waals surface area contributed by atoms with Crippen LogP contribution in [0, 0.1) is 17.3 Å². The second kappa shape index (κ2) is 3.17. The molecule has 1 nitrogen and oxygen atoms in total. The van der Waals surface area contributed by atoms with Crippen LogP contribution in [0.4, 0.5) is 0 Å². The Kier molecular flexibility index (Phi) is 2.23. The van der Waals surface area contributed by atoms with Crippen molar-refractivity contribution in [3.63, 3.8) is 0 Å². The summed E-state index contributed by atoms with van der Waals surface area (Å²) in [6, 6.07) is 0. The van der Waals surface area contributed by atoms with Crippen molar-refractivity contribution < 1.29 is 5.11 Å². The quantitative estimate of drug-likeness (QED) is 0.674. The van der Waals surface area contributed by atoms with E-state index in [0.29, 0.717) is 17.1 Å². The summed E-state index contributed by atoms with van der Waals surface area (Å²) in [5.74, 6) is 1.57. The first-order valence-corrected chi connectivity index (χ1v) is 5.84. The minimum Gasteiger partial charge on any atom is -0.504 e. The largest absolute Gasteiger partial charge is 0.504 e. The van der Waals surface area contributed by atoms with Gasteiger partial charge in [-0.15, -0.1) is 0 Å². The van der Waals surface area contributed by atoms with Crippen LogP contribution < -0.4 is 0 Å². The van der Waals surface area contributed by atoms with Crippen molar-refractivity contribution in [1.82, 2.24) is 0 Å². The first kappa shape index (κ1) is 9.86. The maximum atomic E-state index is 9.85. The van der Waals surface area contributed by atoms with E-state index in [1.807, 2.05) is 0 Å². The van der Waals surface area contributed by atoms with Gasteiger partial charge in [0, 0.05) is 5.92 Å². The molecule has 3 atom stereocenters. The fraction of sp³-hybridized carbons (Fsp3) is 0.769. The average molecular weight is 192 g/mol. The highest BCUT2D eigenvalue weighted by Gasteiger charge is 2.59. The zero-order valence-corrected chi connectivity index (χ0v) is 9.43. The molecule has 2 aliphatic carbocycles. The van der Waals surface area contributed by atoms with Crippen LogP contribution in [0.5, 0.6) is 0 Å². The molecule has 78 valence electrons. The summed E-state index contributed by atoms with van der Waals surface area (Å²) >= 11 is 0. The summed E-state index contributed by atoms with van der Waals surface area (Å²) in [5, 5.41) is 9.85. The SMILES string of the molecule is CCCC1=C=C(O)C(C)C2(CC)CC12. The first-order chi connectivity index (χ1) is 6.65. The molecule has 0 heterocycles. The molecule has 0 spiro atoms. The zero-order valence-electron chi connectivity index (χ0n) is 9.43. The van der Waals surface area contributed by atoms with Gasteiger partial charge in [0.2, 0.25) is 0 Å². The van der Waals surface area contributed by atoms with Crippen LogP contribution >= 0.6 is 0 Å². The van der Waals surface area contributed by atoms with Crippen LogP contribution in [0.25, 0.3) is 0 Å². The molecule has 0 amide bonds. The minimum atomic E-state index is 0.332. The molecule has 3 unspecified atom stereocenters. The maximum Gasteiger partial charge on any atom is 0.138 e. The Morgan fingerprint density at radius 2 is 2.21 bits per heavy atom. The third-order valence-electron chi connectivity index (χ3n) is 4.28. The van der Waals surface area contributed by atoms with Gasteiger partial charge in [-0.2, -0.15) is 0 Å². The number of aliphatic hydroxyl groups excluding tert-OH is 1. The fourth-order valence-corrected chi connectivity index (χ4v) is 3.11. The van der Waals surface area contributed by atoms with Crippen molar-refractivity contribution in [3.8, 4) is 0 Å². The monoisotopic (exact) mass is 192 g/mol. The van der Waals surface area contributed by atoms with Crippen LogP contribution in [0.2, 0.25) is 0 Å². The Morgan fingerprint density at radius 1 is 1.50 bits per heavy atom. The Balaban J connectivity index is 2.31. The van der Waals surface area contributed by atoms with Gasteiger partial charge in [0.1, 0.15) is 5.76 Å². The van der Waals surface area contributed by atoms with E-state index in [9.17, 15) is 5.11 Å². The molecule has 2 aliphatic rings. The predicted molar refractivity (Wildman–Crippen MR) is 58.1 cm³/mol. The number of hydrogen-bond donors (Lipinski definition) is 1. The highest BCUT2D eigenvalue weighted by atomic mass is 16.3. The van der Waals surface area contributed by atoms with E-state index >= 15 is 0 Å². The summed E-state index contributed by atoms with van der Waals surface area (Å²) in [4.78, 5) is 0. The first-order valence-electron chi connectivity index (χ1n) is 5.84. The van der Waals surface area contributed by atoms with E-state index in [0.717, 1.165) is 12.3 Å². The zero-order chi connectivity index (χ0) is 10.3. The summed E-state index contributed by atoms with van der Waals surface area (Å²) in [5.41, 5.74) is 4.99. The van der Waals surface area contributed by atoms with Crippen molar-refractivity contribution >= 4 is 0 Å². The molecule has 0 saturated heterocycles. The van der Waals surface area contributed by atoms with Crippen molar-refractivity contribution in [2.45, 2.75) is 46.5 Å². The van der Waals surface area contributed by atoms with E-state index in [2.05, 4.69) is 26.5 Å². The smallest absolute Gasteiger partial charge is 0.138 e. The van der Waals surface area contributed by atoms with Crippen LogP contribution in [-0.2, 0) is 0 Å². The Hall–Kier alpha value is -0.680. The molecule has 1 fully saturated rings. The minimum absolute atomic E-state index is 0.332. The molecule has 14 heavy (non-hydrogen) atoms. The lowest BCUT2D eigenvalue weighted by Gasteiger charge is -2.26. The van der Waals surface area contributed by atoms with Crippen molar-refractivity contribution in [1.29, 1.82) is 0 Å². The summed E-state index contributed by atoms with van der Waals surface area (Å²) in [6.07, 6.45) is 4.75. The molecule has 1 saturated carbocycles. The van der Waals surface area contributed by atoms with Crippen molar-refractivity contribution in [2.24, 2.45) is 17.3 Å². The molecular weight excluding hydrogens is 172 g/mol. The molecular formula is C13H20O. The normalized spacial score (nSPS) is 39.9. The van der Waals surface area contributed by atoms with E-state index in [1.54, 1.807) is 0 Å². The molecule has 0 aromatic rings. The highest BCUT2D eigenvalue weighted by Crippen LogP contribution is 2.66. The molecule has 2 rings (SSSR count). The number of aliphatic hydroxyl groups is 1. The third kappa shape index (κ3) is 1.15. The summed E-state index contributed by atoms with van der Waals surface area (Å²) < 4.78 is 0. The van der Waals surface area contributed by atoms with Gasteiger partial charge < -0.3 is 5.11 Å². The fourth-order valence-electron chi connectivity index (χ4n) is 3.11. The standard InChI is InChI=1S/C13H20O/c1-4-6-10-7-12(14)9(3)13(5-2)8-11(10)13/h9,11,14H,4-6,8H2,1-3H3. The van der Waals surface area contributed by atoms with Gasteiger partial charge in [-0.05, 0) is 36.2 Å². The highest BCUT2D eigenvalue weighted by molar-refractivity contribution is 5.30. The van der Waals surface area contributed by atoms with E-state index < -0.39 is 0 Å². The lowest BCUT2D eigenvalue weighted by molar-refractivity contribution is 0.235. The lowest BCUT2D eigenvalue weighted by atomic mass is 9.79. The van der Waals surface area contributed by atoms with Crippen molar-refractivity contribution in [3.05, 3.63) is 17.1 Å². The summed E-state index contributed by atoms with van der Waals surface area (Å²) in [7, 11) is 0. The molecule has 0 radical (unpaired) electrons. The van der Waals surface area contributed by atoms with E-state index in [1.165, 1.54) is 24.8 Å². The lowest BCUT2D eigenvalue weighted by Crippen LogP contribution is -2.20. The number of fused-ring (bicyclic) bond motifs is 1. The average Bonchev–Trinajstić information content (AvgIpc) is 2.91. The van der Waals surface area contributed by atoms with Gasteiger partial charge in [-0.3, -0.25) is 0 Å². The van der Waals surface area contributed by atoms with Gasteiger partial charge in [0.25, 0.3) is 0 Å². The van der Waals surface area contributed by atoms with Gasteiger partial charge in [-0.1, -0.05) is 32.9 Å². The third-order valence-corrected chi connectivity index (χ3v) is 4.28. The second-order valence-electron chi connectivity index (χ2n) is 4.85. The molecule has 0 aromatic heterocycles. The molecule has 0 aromatic carbocycles. The topological polar surface area (TPSA) is 20.2 Å². The second-order valence-corrected chi connectivity index (χ2v) is 4.85. The number of hydrogen-bond acceptors (Lipinski definition) is 1. The van der Waals surface area contributed by atoms with Gasteiger partial charge >= 0.3 is 0 Å². The molecule has 1 heteroatoms. The molecule has 0 bridgehead atoms. The van der Waals surface area contributed by atoms with Gasteiger partial charge in [0.15, 0.2) is 0 Å².